The van der Waals surface area contributed by atoms with E-state index in [4.69, 9.17) is 14.2 Å². The van der Waals surface area contributed by atoms with Gasteiger partial charge in [0, 0.05) is 17.0 Å². The maximum absolute atomic E-state index is 12.9. The normalized spacial score (nSPS) is 10.1. The lowest BCUT2D eigenvalue weighted by atomic mass is 10.2. The fourth-order valence-corrected chi connectivity index (χ4v) is 3.47. The maximum atomic E-state index is 12.9. The summed E-state index contributed by atoms with van der Waals surface area (Å²) in [5.41, 5.74) is 0.625. The first-order valence-corrected chi connectivity index (χ1v) is 9.92. The molecule has 160 valence electrons. The molecule has 2 N–H and O–H groups in total. The van der Waals surface area contributed by atoms with Crippen LogP contribution in [0.25, 0.3) is 0 Å². The van der Waals surface area contributed by atoms with Crippen molar-refractivity contribution >= 4 is 28.7 Å². The van der Waals surface area contributed by atoms with E-state index in [-0.39, 0.29) is 17.6 Å². The third-order valence-electron chi connectivity index (χ3n) is 4.02. The van der Waals surface area contributed by atoms with Gasteiger partial charge in [-0.15, -0.1) is 0 Å². The Bertz CT molecular complexity index is 906. The topological polar surface area (TPSA) is 103 Å². The van der Waals surface area contributed by atoms with Crippen LogP contribution in [0.15, 0.2) is 41.3 Å². The number of thioether (sulfide) groups is 1. The van der Waals surface area contributed by atoms with E-state index in [1.807, 2.05) is 0 Å². The Morgan fingerprint density at radius 2 is 1.57 bits per heavy atom. The second-order valence-corrected chi connectivity index (χ2v) is 6.95. The van der Waals surface area contributed by atoms with Crippen LogP contribution in [0.3, 0.4) is 0 Å². The fraction of sp³-hybridized carbons (Fsp3) is 0.286. The predicted molar refractivity (Wildman–Crippen MR) is 114 cm³/mol. The lowest BCUT2D eigenvalue weighted by Gasteiger charge is -2.14. The average molecular weight is 432 g/mol. The van der Waals surface area contributed by atoms with E-state index in [1.54, 1.807) is 43.3 Å². The summed E-state index contributed by atoms with van der Waals surface area (Å²) in [6.45, 7) is 2.12. The van der Waals surface area contributed by atoms with Crippen LogP contribution in [0.1, 0.15) is 27.6 Å². The van der Waals surface area contributed by atoms with Gasteiger partial charge in [0.05, 0.1) is 33.4 Å². The van der Waals surface area contributed by atoms with Crippen molar-refractivity contribution in [2.75, 3.05) is 34.4 Å². The van der Waals surface area contributed by atoms with Gasteiger partial charge in [0.1, 0.15) is 0 Å². The van der Waals surface area contributed by atoms with Crippen LogP contribution in [-0.4, -0.2) is 51.3 Å². The zero-order chi connectivity index (χ0) is 22.1. The molecule has 0 aliphatic carbocycles. The van der Waals surface area contributed by atoms with Crippen molar-refractivity contribution in [3.05, 3.63) is 47.5 Å². The summed E-state index contributed by atoms with van der Waals surface area (Å²) in [6.07, 6.45) is 0. The minimum atomic E-state index is -0.443. The van der Waals surface area contributed by atoms with Crippen molar-refractivity contribution in [2.24, 2.45) is 0 Å². The monoisotopic (exact) mass is 432 g/mol. The molecule has 0 radical (unpaired) electrons. The number of hydrogen-bond donors (Lipinski definition) is 2. The zero-order valence-electron chi connectivity index (χ0n) is 17.2. The van der Waals surface area contributed by atoms with E-state index in [9.17, 15) is 14.4 Å². The minimum absolute atomic E-state index is 0.146. The number of nitrogens with one attached hydrogen (secondary N) is 2. The minimum Gasteiger partial charge on any atom is -0.493 e. The second kappa shape index (κ2) is 11.1. The number of benzene rings is 2. The molecule has 2 amide bonds. The van der Waals surface area contributed by atoms with E-state index in [2.05, 4.69) is 10.6 Å². The van der Waals surface area contributed by atoms with Crippen molar-refractivity contribution in [1.82, 2.24) is 10.6 Å². The highest BCUT2D eigenvalue weighted by Crippen LogP contribution is 2.39. The van der Waals surface area contributed by atoms with Crippen molar-refractivity contribution in [2.45, 2.75) is 11.8 Å². The number of amides is 2. The highest BCUT2D eigenvalue weighted by Gasteiger charge is 2.20. The molecule has 2 rings (SSSR count). The Kier molecular flexibility index (Phi) is 8.54. The van der Waals surface area contributed by atoms with E-state index in [0.29, 0.717) is 39.8 Å². The summed E-state index contributed by atoms with van der Waals surface area (Å²) < 4.78 is 15.8. The van der Waals surface area contributed by atoms with Crippen molar-refractivity contribution < 1.29 is 28.6 Å². The Labute approximate surface area is 179 Å². The number of methoxy groups -OCH3 is 3. The van der Waals surface area contributed by atoms with Crippen molar-refractivity contribution in [3.8, 4) is 17.2 Å². The van der Waals surface area contributed by atoms with Gasteiger partial charge < -0.3 is 24.8 Å². The Morgan fingerprint density at radius 3 is 2.13 bits per heavy atom. The summed E-state index contributed by atoms with van der Waals surface area (Å²) >= 11 is 0.896. The molecule has 0 bridgehead atoms. The molecular weight excluding hydrogens is 408 g/mol. The highest BCUT2D eigenvalue weighted by atomic mass is 32.2. The van der Waals surface area contributed by atoms with Gasteiger partial charge in [0.15, 0.2) is 11.5 Å². The third kappa shape index (κ3) is 5.66. The van der Waals surface area contributed by atoms with Gasteiger partial charge in [-0.3, -0.25) is 14.4 Å². The molecule has 0 atom stereocenters. The molecule has 0 aromatic heterocycles. The van der Waals surface area contributed by atoms with Crippen molar-refractivity contribution in [3.63, 3.8) is 0 Å². The van der Waals surface area contributed by atoms with Crippen LogP contribution >= 0.6 is 11.8 Å². The molecule has 9 heteroatoms. The molecule has 2 aromatic carbocycles. The summed E-state index contributed by atoms with van der Waals surface area (Å²) in [6, 6.07) is 9.78. The first-order chi connectivity index (χ1) is 14.4. The van der Waals surface area contributed by atoms with E-state index in [1.165, 1.54) is 21.3 Å². The number of likely N-dealkylation sites (N-methyl/N-ethyl adjacent to an activating group) is 1. The smallest absolute Gasteiger partial charge is 0.252 e. The molecule has 2 aromatic rings. The molecule has 30 heavy (non-hydrogen) atoms. The summed E-state index contributed by atoms with van der Waals surface area (Å²) in [5, 5.41) is 4.85. The molecule has 0 saturated carbocycles. The maximum Gasteiger partial charge on any atom is 0.252 e. The number of ether oxygens (including phenoxy) is 3. The van der Waals surface area contributed by atoms with Gasteiger partial charge in [-0.25, -0.2) is 0 Å². The predicted octanol–water partition coefficient (Wildman–Crippen LogP) is 2.51. The summed E-state index contributed by atoms with van der Waals surface area (Å²) in [7, 11) is 4.41. The van der Waals surface area contributed by atoms with Gasteiger partial charge in [-0.1, -0.05) is 12.1 Å². The fourth-order valence-electron chi connectivity index (χ4n) is 2.62. The van der Waals surface area contributed by atoms with Crippen LogP contribution in [0, 0.1) is 0 Å². The van der Waals surface area contributed by atoms with Gasteiger partial charge in [0.25, 0.3) is 5.91 Å². The van der Waals surface area contributed by atoms with Crippen LogP contribution in [0.5, 0.6) is 17.2 Å². The van der Waals surface area contributed by atoms with Crippen LogP contribution in [0.2, 0.25) is 0 Å². The third-order valence-corrected chi connectivity index (χ3v) is 5.02. The lowest BCUT2D eigenvalue weighted by molar-refractivity contribution is -0.120. The number of rotatable bonds is 9. The molecule has 0 unspecified atom stereocenters. The first-order valence-electron chi connectivity index (χ1n) is 9.11. The number of carbonyl (C=O) groups is 3. The SMILES string of the molecule is CCNC(=O)CNC(=O)c1ccccc1SC(=O)c1cc(OC)c(OC)c(OC)c1. The first kappa shape index (κ1) is 23.1. The molecule has 0 aliphatic rings. The lowest BCUT2D eigenvalue weighted by Crippen LogP contribution is -2.36. The molecule has 0 aliphatic heterocycles. The Hall–Kier alpha value is -3.20. The van der Waals surface area contributed by atoms with Gasteiger partial charge in [0.2, 0.25) is 16.8 Å². The van der Waals surface area contributed by atoms with Gasteiger partial charge in [-0.2, -0.15) is 0 Å². The molecule has 0 saturated heterocycles. The van der Waals surface area contributed by atoms with Crippen molar-refractivity contribution in [1.29, 1.82) is 0 Å². The number of carbonyl (C=O) groups excluding carboxylic acids is 3. The molecule has 8 nitrogen and oxygen atoms in total. The van der Waals surface area contributed by atoms with Gasteiger partial charge >= 0.3 is 0 Å². The van der Waals surface area contributed by atoms with Crippen LogP contribution in [0.4, 0.5) is 0 Å². The van der Waals surface area contributed by atoms with Crippen LogP contribution in [-0.2, 0) is 4.79 Å². The zero-order valence-corrected chi connectivity index (χ0v) is 18.1. The van der Waals surface area contributed by atoms with E-state index >= 15 is 0 Å². The van der Waals surface area contributed by atoms with Crippen LogP contribution < -0.4 is 24.8 Å². The van der Waals surface area contributed by atoms with E-state index < -0.39 is 5.91 Å². The summed E-state index contributed by atoms with van der Waals surface area (Å²) in [4.78, 5) is 37.4. The molecule has 0 spiro atoms. The Balaban J connectivity index is 2.24. The standard InChI is InChI=1S/C21H24N2O6S/c1-5-22-18(24)12-23-20(25)14-8-6-7-9-17(14)30-21(26)13-10-15(27-2)19(29-4)16(11-13)28-3/h6-11H,5,12H2,1-4H3,(H,22,24)(H,23,25). The summed E-state index contributed by atoms with van der Waals surface area (Å²) in [5.74, 6) is 0.362. The molecule has 0 heterocycles. The Morgan fingerprint density at radius 1 is 0.933 bits per heavy atom. The van der Waals surface area contributed by atoms with E-state index in [0.717, 1.165) is 11.8 Å². The molecular formula is C21H24N2O6S. The largest absolute Gasteiger partial charge is 0.493 e. The highest BCUT2D eigenvalue weighted by molar-refractivity contribution is 8.14. The quantitative estimate of drug-likeness (QED) is 0.587. The molecule has 0 fully saturated rings. The second-order valence-electron chi connectivity index (χ2n) is 5.94. The van der Waals surface area contributed by atoms with Gasteiger partial charge in [-0.05, 0) is 43.0 Å². The average Bonchev–Trinajstić information content (AvgIpc) is 2.76. The number of hydrogen-bond acceptors (Lipinski definition) is 7.